The van der Waals surface area contributed by atoms with Crippen molar-refractivity contribution in [1.82, 2.24) is 15.2 Å². The average Bonchev–Trinajstić information content (AvgIpc) is 2.90. The maximum Gasteiger partial charge on any atom is 0.270 e. The number of rotatable bonds is 6. The number of unbranched alkanes of at least 4 members (excludes halogenated alkanes) is 1. The van der Waals surface area contributed by atoms with E-state index < -0.39 is 0 Å². The van der Waals surface area contributed by atoms with E-state index in [1.807, 2.05) is 0 Å². The zero-order valence-corrected chi connectivity index (χ0v) is 13.0. The van der Waals surface area contributed by atoms with Gasteiger partial charge in [0.05, 0.1) is 17.7 Å². The standard InChI is InChI=1S/C14H23N3O2S/c1-11-7-17(8-12(2)19-11)6-4-3-5-15-14(18)13-9-20-10-16-13/h9-12H,3-8H2,1-2H3,(H,15,18)/t11-,12+. The molecule has 1 fully saturated rings. The molecule has 1 saturated heterocycles. The lowest BCUT2D eigenvalue weighted by molar-refractivity contribution is -0.0681. The number of thiazole rings is 1. The second-order valence-corrected chi connectivity index (χ2v) is 6.07. The topological polar surface area (TPSA) is 54.5 Å². The number of morpholine rings is 1. The number of nitrogens with one attached hydrogen (secondary N) is 1. The molecule has 112 valence electrons. The van der Waals surface area contributed by atoms with E-state index in [9.17, 15) is 4.79 Å². The van der Waals surface area contributed by atoms with Crippen LogP contribution in [0.1, 0.15) is 37.2 Å². The van der Waals surface area contributed by atoms with Crippen LogP contribution in [-0.2, 0) is 4.74 Å². The lowest BCUT2D eigenvalue weighted by atomic mass is 10.2. The molecule has 1 N–H and O–H groups in total. The third kappa shape index (κ3) is 4.85. The van der Waals surface area contributed by atoms with Crippen LogP contribution in [0.4, 0.5) is 0 Å². The molecule has 0 radical (unpaired) electrons. The fourth-order valence-electron chi connectivity index (χ4n) is 2.54. The normalized spacial score (nSPS) is 23.7. The minimum Gasteiger partial charge on any atom is -0.373 e. The predicted molar refractivity (Wildman–Crippen MR) is 80.1 cm³/mol. The fourth-order valence-corrected chi connectivity index (χ4v) is 3.08. The van der Waals surface area contributed by atoms with Gasteiger partial charge in [-0.1, -0.05) is 0 Å². The Bertz CT molecular complexity index is 401. The van der Waals surface area contributed by atoms with E-state index in [1.165, 1.54) is 11.3 Å². The van der Waals surface area contributed by atoms with Crippen molar-refractivity contribution < 1.29 is 9.53 Å². The van der Waals surface area contributed by atoms with E-state index in [4.69, 9.17) is 4.74 Å². The molecule has 2 atom stereocenters. The number of amides is 1. The quantitative estimate of drug-likeness (QED) is 0.813. The molecule has 0 bridgehead atoms. The molecule has 6 heteroatoms. The van der Waals surface area contributed by atoms with Gasteiger partial charge in [0.2, 0.25) is 0 Å². The van der Waals surface area contributed by atoms with Crippen molar-refractivity contribution in [3.8, 4) is 0 Å². The molecule has 0 spiro atoms. The number of hydrogen-bond acceptors (Lipinski definition) is 5. The monoisotopic (exact) mass is 297 g/mol. The van der Waals surface area contributed by atoms with Crippen LogP contribution in [0.25, 0.3) is 0 Å². The van der Waals surface area contributed by atoms with E-state index in [0.29, 0.717) is 24.4 Å². The van der Waals surface area contributed by atoms with Crippen molar-refractivity contribution in [3.63, 3.8) is 0 Å². The van der Waals surface area contributed by atoms with Crippen LogP contribution in [0.3, 0.4) is 0 Å². The highest BCUT2D eigenvalue weighted by molar-refractivity contribution is 7.07. The Morgan fingerprint density at radius 3 is 2.85 bits per heavy atom. The number of ether oxygens (including phenoxy) is 1. The molecule has 2 heterocycles. The first-order chi connectivity index (χ1) is 9.65. The highest BCUT2D eigenvalue weighted by atomic mass is 32.1. The molecule has 0 aromatic carbocycles. The SMILES string of the molecule is C[C@@H]1CN(CCCCNC(=O)c2cscn2)C[C@H](C)O1. The Labute approximate surface area is 124 Å². The fraction of sp³-hybridized carbons (Fsp3) is 0.714. The Morgan fingerprint density at radius 1 is 1.45 bits per heavy atom. The molecule has 0 saturated carbocycles. The summed E-state index contributed by atoms with van der Waals surface area (Å²) >= 11 is 1.44. The first-order valence-corrected chi connectivity index (χ1v) is 8.13. The Hall–Kier alpha value is -0.980. The summed E-state index contributed by atoms with van der Waals surface area (Å²) in [4.78, 5) is 18.1. The molecule has 1 aromatic heterocycles. The maximum atomic E-state index is 11.7. The second kappa shape index (κ2) is 7.71. The van der Waals surface area contributed by atoms with E-state index in [-0.39, 0.29) is 5.91 Å². The lowest BCUT2D eigenvalue weighted by Gasteiger charge is -2.35. The summed E-state index contributed by atoms with van der Waals surface area (Å²) in [6.45, 7) is 8.05. The summed E-state index contributed by atoms with van der Waals surface area (Å²) in [7, 11) is 0. The summed E-state index contributed by atoms with van der Waals surface area (Å²) in [5.74, 6) is -0.0696. The van der Waals surface area contributed by atoms with Crippen LogP contribution in [0.2, 0.25) is 0 Å². The number of aromatic nitrogens is 1. The highest BCUT2D eigenvalue weighted by Crippen LogP contribution is 2.11. The Balaban J connectivity index is 1.56. The number of hydrogen-bond donors (Lipinski definition) is 1. The molecular weight excluding hydrogens is 274 g/mol. The van der Waals surface area contributed by atoms with E-state index in [1.54, 1.807) is 10.9 Å². The molecule has 1 aromatic rings. The van der Waals surface area contributed by atoms with Gasteiger partial charge in [0.1, 0.15) is 5.69 Å². The molecule has 1 aliphatic heterocycles. The van der Waals surface area contributed by atoms with E-state index >= 15 is 0 Å². The molecule has 1 aliphatic rings. The van der Waals surface area contributed by atoms with Gasteiger partial charge in [0, 0.05) is 25.0 Å². The summed E-state index contributed by atoms with van der Waals surface area (Å²) < 4.78 is 5.71. The number of carbonyl (C=O) groups excluding carboxylic acids is 1. The smallest absolute Gasteiger partial charge is 0.270 e. The van der Waals surface area contributed by atoms with Crippen LogP contribution in [0.5, 0.6) is 0 Å². The average molecular weight is 297 g/mol. The minimum atomic E-state index is -0.0696. The zero-order chi connectivity index (χ0) is 14.4. The molecule has 20 heavy (non-hydrogen) atoms. The summed E-state index contributed by atoms with van der Waals surface area (Å²) in [6, 6.07) is 0. The first kappa shape index (κ1) is 15.4. The molecule has 2 rings (SSSR count). The Kier molecular flexibility index (Phi) is 5.94. The van der Waals surface area contributed by atoms with Gasteiger partial charge >= 0.3 is 0 Å². The number of carbonyl (C=O) groups is 1. The van der Waals surface area contributed by atoms with Crippen LogP contribution in [0, 0.1) is 0 Å². The maximum absolute atomic E-state index is 11.7. The minimum absolute atomic E-state index is 0.0696. The van der Waals surface area contributed by atoms with Gasteiger partial charge in [-0.15, -0.1) is 11.3 Å². The van der Waals surface area contributed by atoms with Crippen molar-refractivity contribution in [2.24, 2.45) is 0 Å². The largest absolute Gasteiger partial charge is 0.373 e. The predicted octanol–water partition coefficient (Wildman–Crippen LogP) is 1.76. The van der Waals surface area contributed by atoms with Crippen molar-refractivity contribution in [2.75, 3.05) is 26.2 Å². The van der Waals surface area contributed by atoms with Gasteiger partial charge in [0.15, 0.2) is 0 Å². The molecular formula is C14H23N3O2S. The summed E-state index contributed by atoms with van der Waals surface area (Å²) in [5, 5.41) is 4.67. The van der Waals surface area contributed by atoms with E-state index in [0.717, 1.165) is 32.5 Å². The van der Waals surface area contributed by atoms with Gasteiger partial charge in [-0.25, -0.2) is 4.98 Å². The molecule has 0 unspecified atom stereocenters. The number of nitrogens with zero attached hydrogens (tertiary/aromatic N) is 2. The van der Waals surface area contributed by atoms with Crippen molar-refractivity contribution >= 4 is 17.2 Å². The van der Waals surface area contributed by atoms with Crippen LogP contribution < -0.4 is 5.32 Å². The Morgan fingerprint density at radius 2 is 2.20 bits per heavy atom. The van der Waals surface area contributed by atoms with Crippen LogP contribution in [-0.4, -0.2) is 54.2 Å². The van der Waals surface area contributed by atoms with Crippen LogP contribution in [0.15, 0.2) is 10.9 Å². The van der Waals surface area contributed by atoms with Gasteiger partial charge in [-0.2, -0.15) is 0 Å². The van der Waals surface area contributed by atoms with E-state index in [2.05, 4.69) is 29.0 Å². The summed E-state index contributed by atoms with van der Waals surface area (Å²) in [5.41, 5.74) is 2.20. The van der Waals surface area contributed by atoms with Crippen LogP contribution >= 0.6 is 11.3 Å². The third-order valence-corrected chi connectivity index (χ3v) is 3.93. The van der Waals surface area contributed by atoms with Crippen molar-refractivity contribution in [3.05, 3.63) is 16.6 Å². The molecule has 5 nitrogen and oxygen atoms in total. The first-order valence-electron chi connectivity index (χ1n) is 7.19. The molecule has 0 aliphatic carbocycles. The van der Waals surface area contributed by atoms with Gasteiger partial charge in [0.25, 0.3) is 5.91 Å². The van der Waals surface area contributed by atoms with Gasteiger partial charge in [-0.3, -0.25) is 9.69 Å². The second-order valence-electron chi connectivity index (χ2n) is 5.35. The van der Waals surface area contributed by atoms with Crippen molar-refractivity contribution in [2.45, 2.75) is 38.9 Å². The zero-order valence-electron chi connectivity index (χ0n) is 12.2. The van der Waals surface area contributed by atoms with Gasteiger partial charge in [-0.05, 0) is 33.2 Å². The van der Waals surface area contributed by atoms with Crippen molar-refractivity contribution in [1.29, 1.82) is 0 Å². The lowest BCUT2D eigenvalue weighted by Crippen LogP contribution is -2.45. The third-order valence-electron chi connectivity index (χ3n) is 3.35. The van der Waals surface area contributed by atoms with Gasteiger partial charge < -0.3 is 10.1 Å². The molecule has 1 amide bonds. The highest BCUT2D eigenvalue weighted by Gasteiger charge is 2.21. The summed E-state index contributed by atoms with van der Waals surface area (Å²) in [6.07, 6.45) is 2.73.